The van der Waals surface area contributed by atoms with E-state index in [2.05, 4.69) is 4.98 Å². The van der Waals surface area contributed by atoms with Gasteiger partial charge in [0, 0.05) is 24.5 Å². The fraction of sp³-hybridized carbons (Fsp3) is 0.182. The minimum Gasteiger partial charge on any atom is -0.464 e. The monoisotopic (exact) mass is 377 g/mol. The lowest BCUT2D eigenvalue weighted by Crippen LogP contribution is -2.30. The summed E-state index contributed by atoms with van der Waals surface area (Å²) in [5.74, 6) is 1.23. The van der Waals surface area contributed by atoms with Crippen LogP contribution in [0.1, 0.15) is 28.8 Å². The van der Waals surface area contributed by atoms with Crippen molar-refractivity contribution in [3.63, 3.8) is 0 Å². The fourth-order valence-corrected chi connectivity index (χ4v) is 3.15. The summed E-state index contributed by atoms with van der Waals surface area (Å²) in [4.78, 5) is 19.2. The molecule has 3 heterocycles. The van der Waals surface area contributed by atoms with E-state index in [4.69, 9.17) is 4.42 Å². The molecule has 0 aliphatic heterocycles. The number of benzene rings is 1. The molecule has 142 valence electrons. The van der Waals surface area contributed by atoms with E-state index in [0.717, 1.165) is 28.4 Å². The molecule has 3 aromatic heterocycles. The van der Waals surface area contributed by atoms with Crippen LogP contribution >= 0.6 is 0 Å². The van der Waals surface area contributed by atoms with Gasteiger partial charge in [-0.15, -0.1) is 0 Å². The number of hydrogen-bond acceptors (Lipinski definition) is 3. The van der Waals surface area contributed by atoms with Crippen LogP contribution in [0.3, 0.4) is 0 Å². The number of fused-ring (bicyclic) bond motifs is 1. The van der Waals surface area contributed by atoms with Gasteiger partial charge in [0.25, 0.3) is 5.91 Å². The molecule has 4 rings (SSSR count). The van der Waals surface area contributed by atoms with Crippen molar-refractivity contribution in [1.29, 1.82) is 0 Å². The molecule has 0 spiro atoms. The molecule has 0 fully saturated rings. The number of aromatic nitrogens is 2. The maximum absolute atomic E-state index is 13.1. The smallest absolute Gasteiger partial charge is 0.255 e. The molecule has 0 radical (unpaired) electrons. The highest BCUT2D eigenvalue weighted by Crippen LogP contribution is 2.20. The van der Waals surface area contributed by atoms with Crippen molar-refractivity contribution in [3.8, 4) is 11.3 Å². The second kappa shape index (κ2) is 7.31. The van der Waals surface area contributed by atoms with Gasteiger partial charge < -0.3 is 13.7 Å². The lowest BCUT2D eigenvalue weighted by Gasteiger charge is -2.19. The molecule has 28 heavy (non-hydrogen) atoms. The number of aryl methyl sites for hydroxylation is 1. The van der Waals surface area contributed by atoms with Crippen LogP contribution in [0.5, 0.6) is 0 Å². The maximum atomic E-state index is 13.1. The van der Waals surface area contributed by atoms with Crippen LogP contribution in [0.2, 0.25) is 0 Å². The van der Waals surface area contributed by atoms with Gasteiger partial charge in [-0.05, 0) is 62.4 Å². The Kier molecular flexibility index (Phi) is 4.69. The summed E-state index contributed by atoms with van der Waals surface area (Å²) in [5.41, 5.74) is 2.84. The standard InChI is InChI=1S/C22H20FN3O2/c1-3-25(13-19-10-4-15(2)28-19)22(27)17-7-11-21-24-20(14-26(21)12-17)16-5-8-18(23)9-6-16/h4-12,14H,3,13H2,1-2H3. The highest BCUT2D eigenvalue weighted by molar-refractivity contribution is 5.94. The zero-order chi connectivity index (χ0) is 19.7. The van der Waals surface area contributed by atoms with Crippen molar-refractivity contribution in [2.75, 3.05) is 6.54 Å². The van der Waals surface area contributed by atoms with Crippen molar-refractivity contribution in [2.45, 2.75) is 20.4 Å². The number of pyridine rings is 1. The Morgan fingerprint density at radius 2 is 1.89 bits per heavy atom. The molecular weight excluding hydrogens is 357 g/mol. The topological polar surface area (TPSA) is 50.8 Å². The van der Waals surface area contributed by atoms with Crippen molar-refractivity contribution in [2.24, 2.45) is 0 Å². The first-order valence-electron chi connectivity index (χ1n) is 9.13. The Hall–Kier alpha value is -3.41. The van der Waals surface area contributed by atoms with Gasteiger partial charge in [-0.3, -0.25) is 4.79 Å². The number of nitrogens with zero attached hydrogens (tertiary/aromatic N) is 3. The highest BCUT2D eigenvalue weighted by atomic mass is 19.1. The number of halogens is 1. The van der Waals surface area contributed by atoms with E-state index in [1.54, 1.807) is 29.3 Å². The van der Waals surface area contributed by atoms with Gasteiger partial charge in [0.1, 0.15) is 23.0 Å². The van der Waals surface area contributed by atoms with E-state index in [0.29, 0.717) is 18.7 Å². The molecule has 6 heteroatoms. The Balaban J connectivity index is 1.61. The van der Waals surface area contributed by atoms with Crippen LogP contribution in [-0.4, -0.2) is 26.7 Å². The lowest BCUT2D eigenvalue weighted by atomic mass is 10.2. The van der Waals surface area contributed by atoms with Crippen molar-refractivity contribution >= 4 is 11.6 Å². The predicted molar refractivity (Wildman–Crippen MR) is 104 cm³/mol. The Morgan fingerprint density at radius 1 is 1.11 bits per heavy atom. The first-order valence-corrected chi connectivity index (χ1v) is 9.13. The molecule has 0 atom stereocenters. The Bertz CT molecular complexity index is 1130. The van der Waals surface area contributed by atoms with Gasteiger partial charge in [-0.1, -0.05) is 0 Å². The first-order chi connectivity index (χ1) is 13.5. The zero-order valence-corrected chi connectivity index (χ0v) is 15.7. The number of hydrogen-bond donors (Lipinski definition) is 0. The second-order valence-electron chi connectivity index (χ2n) is 6.65. The van der Waals surface area contributed by atoms with Crippen LogP contribution in [0.25, 0.3) is 16.9 Å². The summed E-state index contributed by atoms with van der Waals surface area (Å²) in [5, 5.41) is 0. The van der Waals surface area contributed by atoms with Gasteiger partial charge in [0.2, 0.25) is 0 Å². The van der Waals surface area contributed by atoms with Gasteiger partial charge in [-0.25, -0.2) is 9.37 Å². The molecular formula is C22H20FN3O2. The normalized spacial score (nSPS) is 11.1. The first kappa shape index (κ1) is 18.0. The predicted octanol–water partition coefficient (Wildman–Crippen LogP) is 4.70. The molecule has 0 bridgehead atoms. The third kappa shape index (κ3) is 3.53. The van der Waals surface area contributed by atoms with Crippen LogP contribution < -0.4 is 0 Å². The molecule has 4 aromatic rings. The van der Waals surface area contributed by atoms with Crippen LogP contribution in [0, 0.1) is 12.7 Å². The van der Waals surface area contributed by atoms with Crippen LogP contribution in [0.4, 0.5) is 4.39 Å². The number of amides is 1. The van der Waals surface area contributed by atoms with E-state index in [-0.39, 0.29) is 11.7 Å². The Labute approximate surface area is 162 Å². The van der Waals surface area contributed by atoms with Gasteiger partial charge >= 0.3 is 0 Å². The molecule has 0 aliphatic carbocycles. The van der Waals surface area contributed by atoms with E-state index in [1.807, 2.05) is 42.6 Å². The molecule has 0 saturated heterocycles. The average molecular weight is 377 g/mol. The van der Waals surface area contributed by atoms with Gasteiger partial charge in [-0.2, -0.15) is 0 Å². The second-order valence-corrected chi connectivity index (χ2v) is 6.65. The fourth-order valence-electron chi connectivity index (χ4n) is 3.15. The van der Waals surface area contributed by atoms with Crippen molar-refractivity contribution in [1.82, 2.24) is 14.3 Å². The minimum absolute atomic E-state index is 0.0736. The molecule has 0 saturated carbocycles. The van der Waals surface area contributed by atoms with Crippen molar-refractivity contribution in [3.05, 3.63) is 83.8 Å². The summed E-state index contributed by atoms with van der Waals surface area (Å²) < 4.78 is 20.6. The van der Waals surface area contributed by atoms with E-state index < -0.39 is 0 Å². The molecule has 0 unspecified atom stereocenters. The zero-order valence-electron chi connectivity index (χ0n) is 15.7. The average Bonchev–Trinajstić information content (AvgIpc) is 3.31. The van der Waals surface area contributed by atoms with Crippen LogP contribution in [-0.2, 0) is 6.54 Å². The molecule has 1 aromatic carbocycles. The van der Waals surface area contributed by atoms with Gasteiger partial charge in [0.15, 0.2) is 0 Å². The number of carbonyl (C=O) groups excluding carboxylic acids is 1. The number of furan rings is 1. The van der Waals surface area contributed by atoms with E-state index in [1.165, 1.54) is 12.1 Å². The Morgan fingerprint density at radius 3 is 2.57 bits per heavy atom. The van der Waals surface area contributed by atoms with Gasteiger partial charge in [0.05, 0.1) is 17.8 Å². The minimum atomic E-state index is -0.285. The maximum Gasteiger partial charge on any atom is 0.255 e. The third-order valence-corrected chi connectivity index (χ3v) is 4.65. The van der Waals surface area contributed by atoms with Crippen LogP contribution in [0.15, 0.2) is 65.3 Å². The molecule has 5 nitrogen and oxygen atoms in total. The van der Waals surface area contributed by atoms with E-state index >= 15 is 0 Å². The lowest BCUT2D eigenvalue weighted by molar-refractivity contribution is 0.0740. The summed E-state index contributed by atoms with van der Waals surface area (Å²) in [6, 6.07) is 13.6. The van der Waals surface area contributed by atoms with E-state index in [9.17, 15) is 9.18 Å². The summed E-state index contributed by atoms with van der Waals surface area (Å²) in [6.45, 7) is 4.82. The molecule has 0 aliphatic rings. The third-order valence-electron chi connectivity index (χ3n) is 4.65. The number of imidazole rings is 1. The number of carbonyl (C=O) groups is 1. The summed E-state index contributed by atoms with van der Waals surface area (Å²) in [6.07, 6.45) is 3.61. The molecule has 0 N–H and O–H groups in total. The highest BCUT2D eigenvalue weighted by Gasteiger charge is 2.17. The SMILES string of the molecule is CCN(Cc1ccc(C)o1)C(=O)c1ccc2nc(-c3ccc(F)cc3)cn2c1. The summed E-state index contributed by atoms with van der Waals surface area (Å²) >= 11 is 0. The van der Waals surface area contributed by atoms with Crippen molar-refractivity contribution < 1.29 is 13.6 Å². The number of rotatable bonds is 5. The quantitative estimate of drug-likeness (QED) is 0.506. The largest absolute Gasteiger partial charge is 0.464 e. The summed E-state index contributed by atoms with van der Waals surface area (Å²) in [7, 11) is 0. The molecule has 1 amide bonds.